The Bertz CT molecular complexity index is 403. The first-order chi connectivity index (χ1) is 8.54. The highest BCUT2D eigenvalue weighted by Gasteiger charge is 2.06. The monoisotopic (exact) mass is 250 g/mol. The van der Waals surface area contributed by atoms with Gasteiger partial charge in [0.2, 0.25) is 0 Å². The Morgan fingerprint density at radius 2 is 2.11 bits per heavy atom. The van der Waals surface area contributed by atoms with Crippen LogP contribution in [-0.4, -0.2) is 19.6 Å². The van der Waals surface area contributed by atoms with E-state index in [9.17, 15) is 0 Å². The molecule has 0 amide bonds. The molecule has 0 heterocycles. The Morgan fingerprint density at radius 3 is 2.67 bits per heavy atom. The average Bonchev–Trinajstić information content (AvgIpc) is 2.34. The molecule has 4 nitrogen and oxygen atoms in total. The van der Waals surface area contributed by atoms with E-state index in [-0.39, 0.29) is 5.84 Å². The lowest BCUT2D eigenvalue weighted by atomic mass is 10.1. The SMILES string of the molecule is COc1ccc(C(=N)N)cc1COCCC(C)C. The van der Waals surface area contributed by atoms with Crippen molar-refractivity contribution in [2.75, 3.05) is 13.7 Å². The van der Waals surface area contributed by atoms with Crippen LogP contribution in [0.2, 0.25) is 0 Å². The highest BCUT2D eigenvalue weighted by molar-refractivity contribution is 5.95. The molecule has 0 radical (unpaired) electrons. The van der Waals surface area contributed by atoms with Crippen molar-refractivity contribution in [2.45, 2.75) is 26.9 Å². The van der Waals surface area contributed by atoms with E-state index in [1.54, 1.807) is 13.2 Å². The maximum atomic E-state index is 7.43. The molecule has 3 N–H and O–H groups in total. The van der Waals surface area contributed by atoms with E-state index < -0.39 is 0 Å². The molecule has 0 saturated heterocycles. The van der Waals surface area contributed by atoms with Crippen LogP contribution in [0.5, 0.6) is 5.75 Å². The molecule has 0 fully saturated rings. The molecule has 0 bridgehead atoms. The Balaban J connectivity index is 2.66. The second kappa shape index (κ2) is 7.01. The van der Waals surface area contributed by atoms with Crippen molar-refractivity contribution in [2.24, 2.45) is 11.7 Å². The minimum absolute atomic E-state index is 0.0566. The minimum atomic E-state index is 0.0566. The Kier molecular flexibility index (Phi) is 5.65. The number of nitrogens with one attached hydrogen (secondary N) is 1. The molecular formula is C14H22N2O2. The summed E-state index contributed by atoms with van der Waals surface area (Å²) in [6, 6.07) is 5.44. The van der Waals surface area contributed by atoms with Crippen molar-refractivity contribution in [3.63, 3.8) is 0 Å². The first-order valence-corrected chi connectivity index (χ1v) is 6.13. The van der Waals surface area contributed by atoms with Gasteiger partial charge in [0.15, 0.2) is 0 Å². The number of methoxy groups -OCH3 is 1. The normalized spacial score (nSPS) is 10.7. The number of nitrogen functional groups attached to an aromatic ring is 1. The van der Waals surface area contributed by atoms with Crippen LogP contribution in [-0.2, 0) is 11.3 Å². The molecule has 0 aliphatic rings. The van der Waals surface area contributed by atoms with Crippen LogP contribution < -0.4 is 10.5 Å². The Labute approximate surface area is 109 Å². The third-order valence-corrected chi connectivity index (χ3v) is 2.69. The zero-order valence-corrected chi connectivity index (χ0v) is 11.3. The first-order valence-electron chi connectivity index (χ1n) is 6.13. The first kappa shape index (κ1) is 14.5. The standard InChI is InChI=1S/C14H22N2O2/c1-10(2)6-7-18-9-12-8-11(14(15)16)4-5-13(12)17-3/h4-5,8,10H,6-7,9H2,1-3H3,(H3,15,16). The molecule has 4 heteroatoms. The fourth-order valence-corrected chi connectivity index (χ4v) is 1.56. The lowest BCUT2D eigenvalue weighted by molar-refractivity contribution is 0.109. The summed E-state index contributed by atoms with van der Waals surface area (Å²) in [7, 11) is 1.63. The van der Waals surface area contributed by atoms with Crippen molar-refractivity contribution in [3.05, 3.63) is 29.3 Å². The zero-order valence-electron chi connectivity index (χ0n) is 11.3. The van der Waals surface area contributed by atoms with Gasteiger partial charge in [0.25, 0.3) is 0 Å². The van der Waals surface area contributed by atoms with Crippen LogP contribution in [0.3, 0.4) is 0 Å². The van der Waals surface area contributed by atoms with Gasteiger partial charge in [-0.2, -0.15) is 0 Å². The Hall–Kier alpha value is -1.55. The molecule has 0 aliphatic carbocycles. The topological polar surface area (TPSA) is 68.3 Å². The van der Waals surface area contributed by atoms with E-state index in [2.05, 4.69) is 13.8 Å². The highest BCUT2D eigenvalue weighted by Crippen LogP contribution is 2.20. The molecule has 0 saturated carbocycles. The van der Waals surface area contributed by atoms with E-state index in [1.165, 1.54) is 0 Å². The van der Waals surface area contributed by atoms with Crippen LogP contribution in [0.25, 0.3) is 0 Å². The van der Waals surface area contributed by atoms with Crippen LogP contribution >= 0.6 is 0 Å². The number of rotatable bonds is 7. The van der Waals surface area contributed by atoms with Gasteiger partial charge in [-0.15, -0.1) is 0 Å². The summed E-state index contributed by atoms with van der Waals surface area (Å²) in [5.41, 5.74) is 7.09. The molecule has 1 aromatic carbocycles. The number of hydrogen-bond donors (Lipinski definition) is 2. The third-order valence-electron chi connectivity index (χ3n) is 2.69. The number of amidine groups is 1. The number of nitrogens with two attached hydrogens (primary N) is 1. The van der Waals surface area contributed by atoms with Crippen molar-refractivity contribution in [1.82, 2.24) is 0 Å². The molecule has 18 heavy (non-hydrogen) atoms. The van der Waals surface area contributed by atoms with Crippen LogP contribution in [0.4, 0.5) is 0 Å². The molecule has 0 aliphatic heterocycles. The number of ether oxygens (including phenoxy) is 2. The van der Waals surface area contributed by atoms with Gasteiger partial charge in [-0.3, -0.25) is 5.41 Å². The van der Waals surface area contributed by atoms with Crippen LogP contribution in [0.15, 0.2) is 18.2 Å². The van der Waals surface area contributed by atoms with Gasteiger partial charge >= 0.3 is 0 Å². The highest BCUT2D eigenvalue weighted by atomic mass is 16.5. The van der Waals surface area contributed by atoms with E-state index in [4.69, 9.17) is 20.6 Å². The lowest BCUT2D eigenvalue weighted by Crippen LogP contribution is -2.12. The summed E-state index contributed by atoms with van der Waals surface area (Å²) < 4.78 is 10.9. The molecular weight excluding hydrogens is 228 g/mol. The quantitative estimate of drug-likeness (QED) is 0.444. The number of hydrogen-bond acceptors (Lipinski definition) is 3. The maximum Gasteiger partial charge on any atom is 0.124 e. The second-order valence-electron chi connectivity index (χ2n) is 4.68. The molecule has 1 aromatic rings. The van der Waals surface area contributed by atoms with Gasteiger partial charge in [-0.05, 0) is 30.5 Å². The summed E-state index contributed by atoms with van der Waals surface area (Å²) in [4.78, 5) is 0. The summed E-state index contributed by atoms with van der Waals surface area (Å²) in [6.45, 7) is 5.54. The number of benzene rings is 1. The Morgan fingerprint density at radius 1 is 1.39 bits per heavy atom. The van der Waals surface area contributed by atoms with Crippen molar-refractivity contribution < 1.29 is 9.47 Å². The largest absolute Gasteiger partial charge is 0.496 e. The van der Waals surface area contributed by atoms with Gasteiger partial charge in [0.1, 0.15) is 11.6 Å². The van der Waals surface area contributed by atoms with Crippen molar-refractivity contribution in [3.8, 4) is 5.75 Å². The van der Waals surface area contributed by atoms with Gasteiger partial charge < -0.3 is 15.2 Å². The molecule has 0 aromatic heterocycles. The van der Waals surface area contributed by atoms with E-state index in [1.807, 2.05) is 12.1 Å². The van der Waals surface area contributed by atoms with E-state index in [0.29, 0.717) is 18.1 Å². The van der Waals surface area contributed by atoms with Gasteiger partial charge in [-0.1, -0.05) is 13.8 Å². The van der Waals surface area contributed by atoms with Gasteiger partial charge in [0.05, 0.1) is 13.7 Å². The summed E-state index contributed by atoms with van der Waals surface area (Å²) >= 11 is 0. The summed E-state index contributed by atoms with van der Waals surface area (Å²) in [6.07, 6.45) is 1.04. The molecule has 0 spiro atoms. The van der Waals surface area contributed by atoms with E-state index >= 15 is 0 Å². The molecule has 0 atom stereocenters. The lowest BCUT2D eigenvalue weighted by Gasteiger charge is -2.11. The van der Waals surface area contributed by atoms with E-state index in [0.717, 1.165) is 24.3 Å². The maximum absolute atomic E-state index is 7.43. The predicted octanol–water partition coefficient (Wildman–Crippen LogP) is 2.54. The van der Waals surface area contributed by atoms with Crippen molar-refractivity contribution >= 4 is 5.84 Å². The van der Waals surface area contributed by atoms with Crippen molar-refractivity contribution in [1.29, 1.82) is 5.41 Å². The molecule has 0 unspecified atom stereocenters. The fourth-order valence-electron chi connectivity index (χ4n) is 1.56. The van der Waals surface area contributed by atoms with Gasteiger partial charge in [-0.25, -0.2) is 0 Å². The second-order valence-corrected chi connectivity index (χ2v) is 4.68. The van der Waals surface area contributed by atoms with Crippen LogP contribution in [0, 0.1) is 11.3 Å². The third kappa shape index (κ3) is 4.37. The predicted molar refractivity (Wildman–Crippen MR) is 73.1 cm³/mol. The fraction of sp³-hybridized carbons (Fsp3) is 0.500. The molecule has 1 rings (SSSR count). The zero-order chi connectivity index (χ0) is 13.5. The molecule has 100 valence electrons. The average molecular weight is 250 g/mol. The van der Waals surface area contributed by atoms with Crippen LogP contribution in [0.1, 0.15) is 31.4 Å². The van der Waals surface area contributed by atoms with Gasteiger partial charge in [0, 0.05) is 17.7 Å². The summed E-state index contributed by atoms with van der Waals surface area (Å²) in [5.74, 6) is 1.46. The smallest absolute Gasteiger partial charge is 0.124 e. The summed E-state index contributed by atoms with van der Waals surface area (Å²) in [5, 5.41) is 7.43. The minimum Gasteiger partial charge on any atom is -0.496 e.